The summed E-state index contributed by atoms with van der Waals surface area (Å²) in [6.07, 6.45) is 1.11. The Bertz CT molecular complexity index is 430. The molecule has 1 heterocycles. The molecule has 4 heteroatoms. The van der Waals surface area contributed by atoms with E-state index in [2.05, 4.69) is 31.3 Å². The van der Waals surface area contributed by atoms with Crippen LogP contribution < -0.4 is 10.1 Å². The lowest BCUT2D eigenvalue weighted by Crippen LogP contribution is -2.27. The molecule has 1 aromatic rings. The van der Waals surface area contributed by atoms with Gasteiger partial charge in [0, 0.05) is 18.1 Å². The molecule has 2 rings (SSSR count). The summed E-state index contributed by atoms with van der Waals surface area (Å²) < 4.78 is 16.8. The van der Waals surface area contributed by atoms with Crippen LogP contribution in [0.3, 0.4) is 0 Å². The summed E-state index contributed by atoms with van der Waals surface area (Å²) in [7, 11) is 1.72. The molecule has 0 aromatic heterocycles. The van der Waals surface area contributed by atoms with E-state index in [4.69, 9.17) is 14.2 Å². The monoisotopic (exact) mass is 293 g/mol. The molecule has 1 saturated heterocycles. The van der Waals surface area contributed by atoms with Crippen molar-refractivity contribution in [3.8, 4) is 5.75 Å². The summed E-state index contributed by atoms with van der Waals surface area (Å²) in [6, 6.07) is 6.43. The van der Waals surface area contributed by atoms with Crippen molar-refractivity contribution in [3.05, 3.63) is 29.3 Å². The predicted octanol–water partition coefficient (Wildman–Crippen LogP) is 2.71. The molecule has 1 N–H and O–H groups in total. The number of likely N-dealkylation sites (N-methyl/N-ethyl adjacent to an activating group) is 1. The Morgan fingerprint density at radius 1 is 1.43 bits per heavy atom. The quantitative estimate of drug-likeness (QED) is 0.800. The first-order valence-corrected chi connectivity index (χ1v) is 7.78. The number of benzene rings is 1. The molecule has 0 saturated carbocycles. The second-order valence-electron chi connectivity index (χ2n) is 5.62. The van der Waals surface area contributed by atoms with E-state index >= 15 is 0 Å². The summed E-state index contributed by atoms with van der Waals surface area (Å²) in [5.41, 5.74) is 2.40. The standard InChI is InChI=1S/C17H27NO3/c1-4-18-16(12-21-11-14-7-8-20-10-14)15-9-13(2)5-6-17(15)19-3/h5-6,9,14,16,18H,4,7-8,10-12H2,1-3H3. The highest BCUT2D eigenvalue weighted by Gasteiger charge is 2.19. The van der Waals surface area contributed by atoms with Crippen LogP contribution in [0.2, 0.25) is 0 Å². The van der Waals surface area contributed by atoms with E-state index in [9.17, 15) is 0 Å². The summed E-state index contributed by atoms with van der Waals surface area (Å²) in [4.78, 5) is 0. The Morgan fingerprint density at radius 3 is 2.95 bits per heavy atom. The molecule has 1 fully saturated rings. The topological polar surface area (TPSA) is 39.7 Å². The molecular formula is C17H27NO3. The van der Waals surface area contributed by atoms with E-state index < -0.39 is 0 Å². The zero-order chi connectivity index (χ0) is 15.1. The van der Waals surface area contributed by atoms with Gasteiger partial charge in [-0.3, -0.25) is 0 Å². The van der Waals surface area contributed by atoms with Gasteiger partial charge in [-0.2, -0.15) is 0 Å². The number of aryl methyl sites for hydroxylation is 1. The Kier molecular flexibility index (Phi) is 6.49. The number of rotatable bonds is 8. The van der Waals surface area contributed by atoms with Gasteiger partial charge in [0.2, 0.25) is 0 Å². The van der Waals surface area contributed by atoms with Crippen LogP contribution in [0.5, 0.6) is 5.75 Å². The molecule has 0 spiro atoms. The smallest absolute Gasteiger partial charge is 0.123 e. The van der Waals surface area contributed by atoms with Gasteiger partial charge in [0.15, 0.2) is 0 Å². The summed E-state index contributed by atoms with van der Waals surface area (Å²) in [5, 5.41) is 3.49. The molecular weight excluding hydrogens is 266 g/mol. The van der Waals surface area contributed by atoms with Gasteiger partial charge in [0.05, 0.1) is 33.0 Å². The van der Waals surface area contributed by atoms with Crippen molar-refractivity contribution in [2.45, 2.75) is 26.3 Å². The Morgan fingerprint density at radius 2 is 2.29 bits per heavy atom. The Balaban J connectivity index is 1.98. The van der Waals surface area contributed by atoms with Crippen molar-refractivity contribution < 1.29 is 14.2 Å². The zero-order valence-electron chi connectivity index (χ0n) is 13.4. The first kappa shape index (κ1) is 16.3. The number of hydrogen-bond acceptors (Lipinski definition) is 4. The molecule has 1 aliphatic rings. The fourth-order valence-electron chi connectivity index (χ4n) is 2.70. The van der Waals surface area contributed by atoms with Crippen LogP contribution >= 0.6 is 0 Å². The molecule has 1 aromatic carbocycles. The molecule has 4 nitrogen and oxygen atoms in total. The highest BCUT2D eigenvalue weighted by molar-refractivity contribution is 5.39. The number of hydrogen-bond donors (Lipinski definition) is 1. The second-order valence-corrected chi connectivity index (χ2v) is 5.62. The average molecular weight is 293 g/mol. The van der Waals surface area contributed by atoms with Crippen LogP contribution in [0.4, 0.5) is 0 Å². The number of ether oxygens (including phenoxy) is 3. The van der Waals surface area contributed by atoms with Crippen molar-refractivity contribution in [1.29, 1.82) is 0 Å². The Labute approximate surface area is 127 Å². The maximum absolute atomic E-state index is 5.93. The van der Waals surface area contributed by atoms with Crippen LogP contribution in [0, 0.1) is 12.8 Å². The van der Waals surface area contributed by atoms with Gasteiger partial charge in [-0.1, -0.05) is 24.6 Å². The van der Waals surface area contributed by atoms with E-state index in [0.29, 0.717) is 12.5 Å². The lowest BCUT2D eigenvalue weighted by molar-refractivity contribution is 0.0742. The van der Waals surface area contributed by atoms with Gasteiger partial charge in [0.1, 0.15) is 5.75 Å². The number of methoxy groups -OCH3 is 1. The number of nitrogens with one attached hydrogen (secondary N) is 1. The third-order valence-electron chi connectivity index (χ3n) is 3.87. The van der Waals surface area contributed by atoms with Crippen molar-refractivity contribution >= 4 is 0 Å². The van der Waals surface area contributed by atoms with E-state index in [1.807, 2.05) is 6.07 Å². The lowest BCUT2D eigenvalue weighted by Gasteiger charge is -2.22. The summed E-state index contributed by atoms with van der Waals surface area (Å²) >= 11 is 0. The molecule has 118 valence electrons. The fourth-order valence-corrected chi connectivity index (χ4v) is 2.70. The fraction of sp³-hybridized carbons (Fsp3) is 0.647. The minimum atomic E-state index is 0.159. The highest BCUT2D eigenvalue weighted by Crippen LogP contribution is 2.27. The van der Waals surface area contributed by atoms with Crippen molar-refractivity contribution in [2.24, 2.45) is 5.92 Å². The average Bonchev–Trinajstić information content (AvgIpc) is 2.99. The van der Waals surface area contributed by atoms with Crippen LogP contribution in [-0.4, -0.2) is 40.1 Å². The first-order valence-electron chi connectivity index (χ1n) is 7.78. The summed E-state index contributed by atoms with van der Waals surface area (Å²) in [5.74, 6) is 1.46. The molecule has 21 heavy (non-hydrogen) atoms. The molecule has 0 amide bonds. The van der Waals surface area contributed by atoms with Crippen molar-refractivity contribution in [1.82, 2.24) is 5.32 Å². The van der Waals surface area contributed by atoms with Crippen LogP contribution in [-0.2, 0) is 9.47 Å². The van der Waals surface area contributed by atoms with E-state index in [-0.39, 0.29) is 6.04 Å². The zero-order valence-corrected chi connectivity index (χ0v) is 13.4. The highest BCUT2D eigenvalue weighted by atomic mass is 16.5. The van der Waals surface area contributed by atoms with Crippen molar-refractivity contribution in [2.75, 3.05) is 40.1 Å². The minimum Gasteiger partial charge on any atom is -0.496 e. The first-order chi connectivity index (χ1) is 10.2. The normalized spacial score (nSPS) is 19.7. The maximum atomic E-state index is 5.93. The third kappa shape index (κ3) is 4.70. The molecule has 2 unspecified atom stereocenters. The van der Waals surface area contributed by atoms with Crippen LogP contribution in [0.15, 0.2) is 18.2 Å². The van der Waals surface area contributed by atoms with Crippen LogP contribution in [0.25, 0.3) is 0 Å². The maximum Gasteiger partial charge on any atom is 0.123 e. The third-order valence-corrected chi connectivity index (χ3v) is 3.87. The van der Waals surface area contributed by atoms with Gasteiger partial charge in [-0.25, -0.2) is 0 Å². The van der Waals surface area contributed by atoms with Gasteiger partial charge in [0.25, 0.3) is 0 Å². The molecule has 2 atom stereocenters. The molecule has 0 aliphatic carbocycles. The summed E-state index contributed by atoms with van der Waals surface area (Å²) in [6.45, 7) is 8.25. The minimum absolute atomic E-state index is 0.159. The predicted molar refractivity (Wildman–Crippen MR) is 83.9 cm³/mol. The van der Waals surface area contributed by atoms with E-state index in [1.165, 1.54) is 11.1 Å². The van der Waals surface area contributed by atoms with E-state index in [0.717, 1.165) is 38.5 Å². The van der Waals surface area contributed by atoms with Crippen molar-refractivity contribution in [3.63, 3.8) is 0 Å². The van der Waals surface area contributed by atoms with Gasteiger partial charge >= 0.3 is 0 Å². The Hall–Kier alpha value is -1.10. The van der Waals surface area contributed by atoms with Gasteiger partial charge in [-0.15, -0.1) is 0 Å². The van der Waals surface area contributed by atoms with E-state index in [1.54, 1.807) is 7.11 Å². The van der Waals surface area contributed by atoms with Gasteiger partial charge in [-0.05, 0) is 26.0 Å². The largest absolute Gasteiger partial charge is 0.496 e. The molecule has 1 aliphatic heterocycles. The molecule has 0 radical (unpaired) electrons. The van der Waals surface area contributed by atoms with Crippen LogP contribution in [0.1, 0.15) is 30.5 Å². The second kappa shape index (κ2) is 8.37. The SMILES string of the molecule is CCNC(COCC1CCOC1)c1cc(C)ccc1OC. The lowest BCUT2D eigenvalue weighted by atomic mass is 10.0. The molecule has 0 bridgehead atoms. The van der Waals surface area contributed by atoms with Gasteiger partial charge < -0.3 is 19.5 Å².